The number of ether oxygens (including phenoxy) is 1. The standard InChI is InChI=1S/C26H35N3O/c1-4-29-25-8-6-5-7-23(25)24-15-21(9-10-26(24)29)18-27-13-11-22(12-14-27)28-16-19(2)30-20(3)17-28/h5-10,15,19-20,22H,4,11-14,16-18H2,1-3H3/p+2/t19-,20-/m1/s1. The summed E-state index contributed by atoms with van der Waals surface area (Å²) in [5.74, 6) is 0. The second-order valence-corrected chi connectivity index (χ2v) is 9.64. The van der Waals surface area contributed by atoms with Gasteiger partial charge in [0.2, 0.25) is 0 Å². The molecule has 5 rings (SSSR count). The SMILES string of the molecule is CCn1c2ccccc2c2cc(C[NH+]3CCC([NH+]4C[C@@H](C)O[C@H](C)C4)CC3)ccc21. The maximum absolute atomic E-state index is 5.96. The molecule has 0 unspecified atom stereocenters. The fourth-order valence-corrected chi connectivity index (χ4v) is 6.10. The third kappa shape index (κ3) is 3.77. The number of rotatable bonds is 4. The highest BCUT2D eigenvalue weighted by atomic mass is 16.5. The Bertz CT molecular complexity index is 1010. The highest BCUT2D eigenvalue weighted by molar-refractivity contribution is 6.08. The summed E-state index contributed by atoms with van der Waals surface area (Å²) in [6, 6.07) is 16.8. The van der Waals surface area contributed by atoms with Crippen LogP contribution in [0.3, 0.4) is 0 Å². The molecule has 0 saturated carbocycles. The van der Waals surface area contributed by atoms with E-state index in [1.165, 1.54) is 66.4 Å². The summed E-state index contributed by atoms with van der Waals surface area (Å²) in [7, 11) is 0. The molecule has 2 saturated heterocycles. The third-order valence-corrected chi connectivity index (χ3v) is 7.44. The van der Waals surface area contributed by atoms with Crippen LogP contribution in [0.2, 0.25) is 0 Å². The number of para-hydroxylation sites is 1. The molecule has 2 N–H and O–H groups in total. The molecule has 30 heavy (non-hydrogen) atoms. The molecule has 0 bridgehead atoms. The molecule has 1 aromatic heterocycles. The van der Waals surface area contributed by atoms with Crippen LogP contribution in [0, 0.1) is 0 Å². The van der Waals surface area contributed by atoms with Gasteiger partial charge >= 0.3 is 0 Å². The van der Waals surface area contributed by atoms with Crippen LogP contribution in [0.4, 0.5) is 0 Å². The van der Waals surface area contributed by atoms with Crippen LogP contribution < -0.4 is 9.80 Å². The second-order valence-electron chi connectivity index (χ2n) is 9.64. The number of likely N-dealkylation sites (tertiary alicyclic amines) is 1. The first-order valence-corrected chi connectivity index (χ1v) is 12.0. The van der Waals surface area contributed by atoms with E-state index < -0.39 is 0 Å². The van der Waals surface area contributed by atoms with Crippen LogP contribution in [0.15, 0.2) is 42.5 Å². The minimum Gasteiger partial charge on any atom is -0.364 e. The zero-order valence-corrected chi connectivity index (χ0v) is 18.8. The van der Waals surface area contributed by atoms with E-state index in [0.29, 0.717) is 12.2 Å². The molecule has 2 aromatic carbocycles. The van der Waals surface area contributed by atoms with Crippen LogP contribution in [0.1, 0.15) is 39.2 Å². The lowest BCUT2D eigenvalue weighted by Crippen LogP contribution is -3.22. The van der Waals surface area contributed by atoms with E-state index >= 15 is 0 Å². The maximum atomic E-state index is 5.96. The number of hydrogen-bond acceptors (Lipinski definition) is 1. The minimum absolute atomic E-state index is 0.408. The van der Waals surface area contributed by atoms with Gasteiger partial charge in [0, 0.05) is 46.8 Å². The molecule has 2 atom stereocenters. The number of nitrogens with one attached hydrogen (secondary N) is 2. The molecule has 2 aliphatic heterocycles. The number of morpholine rings is 1. The molecule has 0 aliphatic carbocycles. The second kappa shape index (κ2) is 8.33. The molecule has 4 nitrogen and oxygen atoms in total. The van der Waals surface area contributed by atoms with E-state index in [4.69, 9.17) is 4.74 Å². The van der Waals surface area contributed by atoms with Crippen molar-refractivity contribution in [2.45, 2.75) is 65.0 Å². The number of aromatic nitrogens is 1. The summed E-state index contributed by atoms with van der Waals surface area (Å²) in [4.78, 5) is 3.53. The van der Waals surface area contributed by atoms with Gasteiger partial charge in [-0.3, -0.25) is 0 Å². The van der Waals surface area contributed by atoms with Gasteiger partial charge < -0.3 is 19.1 Å². The third-order valence-electron chi connectivity index (χ3n) is 7.44. The van der Waals surface area contributed by atoms with Gasteiger partial charge in [-0.25, -0.2) is 0 Å². The summed E-state index contributed by atoms with van der Waals surface area (Å²) in [6.45, 7) is 13.8. The normalized spacial score (nSPS) is 30.2. The number of piperidine rings is 1. The Balaban J connectivity index is 1.28. The van der Waals surface area contributed by atoms with Crippen LogP contribution in [-0.2, 0) is 17.8 Å². The van der Waals surface area contributed by atoms with Gasteiger partial charge in [0.1, 0.15) is 31.8 Å². The number of quaternary nitrogens is 2. The number of benzene rings is 2. The Morgan fingerprint density at radius 2 is 1.63 bits per heavy atom. The Labute approximate surface area is 180 Å². The van der Waals surface area contributed by atoms with Crippen molar-refractivity contribution in [3.05, 3.63) is 48.0 Å². The molecule has 3 aromatic rings. The van der Waals surface area contributed by atoms with Crippen LogP contribution >= 0.6 is 0 Å². The van der Waals surface area contributed by atoms with Crippen molar-refractivity contribution in [2.24, 2.45) is 0 Å². The van der Waals surface area contributed by atoms with Crippen LogP contribution in [-0.4, -0.2) is 49.0 Å². The molecule has 3 heterocycles. The van der Waals surface area contributed by atoms with Crippen molar-refractivity contribution in [2.75, 3.05) is 26.2 Å². The summed E-state index contributed by atoms with van der Waals surface area (Å²) in [6.07, 6.45) is 3.51. The van der Waals surface area contributed by atoms with E-state index in [0.717, 1.165) is 19.1 Å². The predicted molar refractivity (Wildman–Crippen MR) is 123 cm³/mol. The first kappa shape index (κ1) is 20.0. The van der Waals surface area contributed by atoms with E-state index in [2.05, 4.69) is 67.8 Å². The van der Waals surface area contributed by atoms with Crippen LogP contribution in [0.25, 0.3) is 21.8 Å². The highest BCUT2D eigenvalue weighted by Gasteiger charge is 2.35. The molecular formula is C26H37N3O+2. The first-order valence-electron chi connectivity index (χ1n) is 12.0. The number of nitrogens with zero attached hydrogens (tertiary/aromatic N) is 1. The van der Waals surface area contributed by atoms with Crippen LogP contribution in [0.5, 0.6) is 0 Å². The fourth-order valence-electron chi connectivity index (χ4n) is 6.10. The predicted octanol–water partition coefficient (Wildman–Crippen LogP) is 2.05. The average Bonchev–Trinajstić information content (AvgIpc) is 3.07. The van der Waals surface area contributed by atoms with Crippen molar-refractivity contribution in [3.8, 4) is 0 Å². The number of fused-ring (bicyclic) bond motifs is 3. The van der Waals surface area contributed by atoms with E-state index in [9.17, 15) is 0 Å². The first-order chi connectivity index (χ1) is 14.6. The van der Waals surface area contributed by atoms with Gasteiger partial charge in [-0.2, -0.15) is 0 Å². The topological polar surface area (TPSA) is 23.0 Å². The quantitative estimate of drug-likeness (QED) is 0.679. The zero-order chi connectivity index (χ0) is 20.7. The van der Waals surface area contributed by atoms with E-state index in [-0.39, 0.29) is 0 Å². The van der Waals surface area contributed by atoms with Gasteiger partial charge in [-0.1, -0.05) is 24.3 Å². The fraction of sp³-hybridized carbons (Fsp3) is 0.538. The molecule has 2 aliphatic rings. The molecule has 160 valence electrons. The van der Waals surface area contributed by atoms with Crippen molar-refractivity contribution in [1.82, 2.24) is 4.57 Å². The smallest absolute Gasteiger partial charge is 0.104 e. The maximum Gasteiger partial charge on any atom is 0.104 e. The Morgan fingerprint density at radius 3 is 2.37 bits per heavy atom. The zero-order valence-electron chi connectivity index (χ0n) is 18.8. The van der Waals surface area contributed by atoms with Gasteiger partial charge in [0.15, 0.2) is 0 Å². The summed E-state index contributed by atoms with van der Waals surface area (Å²) in [5.41, 5.74) is 4.21. The molecule has 2 fully saturated rings. The summed E-state index contributed by atoms with van der Waals surface area (Å²) in [5, 5.41) is 2.81. The molecule has 4 heteroatoms. The summed E-state index contributed by atoms with van der Waals surface area (Å²) >= 11 is 0. The van der Waals surface area contributed by atoms with Crippen molar-refractivity contribution < 1.29 is 14.5 Å². The summed E-state index contributed by atoms with van der Waals surface area (Å²) < 4.78 is 8.40. The monoisotopic (exact) mass is 407 g/mol. The highest BCUT2D eigenvalue weighted by Crippen LogP contribution is 2.29. The Morgan fingerprint density at radius 1 is 0.933 bits per heavy atom. The van der Waals surface area contributed by atoms with Crippen molar-refractivity contribution >= 4 is 21.8 Å². The van der Waals surface area contributed by atoms with E-state index in [1.807, 2.05) is 0 Å². The Kier molecular flexibility index (Phi) is 5.57. The largest absolute Gasteiger partial charge is 0.364 e. The average molecular weight is 408 g/mol. The minimum atomic E-state index is 0.408. The van der Waals surface area contributed by atoms with Gasteiger partial charge in [0.05, 0.1) is 19.1 Å². The van der Waals surface area contributed by atoms with Gasteiger partial charge in [-0.05, 0) is 39.0 Å². The molecule has 0 radical (unpaired) electrons. The van der Waals surface area contributed by atoms with Crippen molar-refractivity contribution in [1.29, 1.82) is 0 Å². The molecular weight excluding hydrogens is 370 g/mol. The lowest BCUT2D eigenvalue weighted by Gasteiger charge is -2.39. The lowest BCUT2D eigenvalue weighted by atomic mass is 10.0. The lowest BCUT2D eigenvalue weighted by molar-refractivity contribution is -0.970. The molecule has 0 spiro atoms. The van der Waals surface area contributed by atoms with Gasteiger partial charge in [-0.15, -0.1) is 0 Å². The molecule has 0 amide bonds. The number of hydrogen-bond donors (Lipinski definition) is 2. The van der Waals surface area contributed by atoms with E-state index in [1.54, 1.807) is 9.80 Å². The Hall–Kier alpha value is -1.88. The number of aryl methyl sites for hydroxylation is 1. The van der Waals surface area contributed by atoms with Gasteiger partial charge in [0.25, 0.3) is 0 Å². The van der Waals surface area contributed by atoms with Crippen molar-refractivity contribution in [3.63, 3.8) is 0 Å².